The van der Waals surface area contributed by atoms with E-state index in [1.807, 2.05) is 0 Å². The molecule has 98 heavy (non-hydrogen) atoms. The van der Waals surface area contributed by atoms with Gasteiger partial charge in [-0.1, -0.05) is 369 Å². The minimum Gasteiger partial charge on any atom is -0.462 e. The standard InChI is InChI=1S/C79H154O17P2/c1-6-10-13-16-19-21-23-25-27-29-31-32-33-35-37-39-41-43-45-48-54-59-64-78(83)95-74(69-90-77(82)63-58-53-47-44-42-40-38-36-34-30-28-26-24-22-20-17-14-11-7-2)70-93-97(85,86)91-66-73(80)67-92-98(87,88)94-71-75(68-89-76(81)62-57-52-46-18-15-12-8-3)96-79(84)65-60-55-50-49-51-56-61-72(5)9-4/h72-75,80H,6-71H2,1-5H3,(H,85,86)(H,87,88)/t72?,73-,74-,75-/m1/s1. The van der Waals surface area contributed by atoms with Crippen molar-refractivity contribution in [2.75, 3.05) is 39.6 Å². The van der Waals surface area contributed by atoms with Crippen molar-refractivity contribution in [2.45, 2.75) is 438 Å². The summed E-state index contributed by atoms with van der Waals surface area (Å²) in [5.74, 6) is -1.40. The molecule has 0 aromatic heterocycles. The molecule has 0 aliphatic rings. The van der Waals surface area contributed by atoms with Gasteiger partial charge in [0.2, 0.25) is 0 Å². The number of hydrogen-bond donors (Lipinski definition) is 3. The van der Waals surface area contributed by atoms with Gasteiger partial charge in [0.05, 0.1) is 26.4 Å². The molecule has 0 rings (SSSR count). The van der Waals surface area contributed by atoms with Crippen molar-refractivity contribution < 1.29 is 80.2 Å². The summed E-state index contributed by atoms with van der Waals surface area (Å²) in [6.45, 7) is 7.21. The maximum atomic E-state index is 13.1. The Kier molecular flexibility index (Phi) is 70.6. The normalized spacial score (nSPS) is 14.2. The lowest BCUT2D eigenvalue weighted by atomic mass is 10.00. The zero-order valence-corrected chi connectivity index (χ0v) is 65.7. The van der Waals surface area contributed by atoms with Crippen LogP contribution in [0.1, 0.15) is 420 Å². The summed E-state index contributed by atoms with van der Waals surface area (Å²) in [4.78, 5) is 72.7. The van der Waals surface area contributed by atoms with Gasteiger partial charge in [-0.2, -0.15) is 0 Å². The molecule has 0 spiro atoms. The highest BCUT2D eigenvalue weighted by molar-refractivity contribution is 7.47. The largest absolute Gasteiger partial charge is 0.472 e. The lowest BCUT2D eigenvalue weighted by molar-refractivity contribution is -0.161. The molecule has 582 valence electrons. The highest BCUT2D eigenvalue weighted by Gasteiger charge is 2.30. The molecule has 0 aromatic carbocycles. The van der Waals surface area contributed by atoms with Crippen LogP contribution in [0.5, 0.6) is 0 Å². The fourth-order valence-electron chi connectivity index (χ4n) is 12.2. The maximum absolute atomic E-state index is 13.1. The fourth-order valence-corrected chi connectivity index (χ4v) is 13.8. The van der Waals surface area contributed by atoms with Crippen molar-refractivity contribution in [2.24, 2.45) is 5.92 Å². The Balaban J connectivity index is 5.14. The van der Waals surface area contributed by atoms with E-state index >= 15 is 0 Å². The van der Waals surface area contributed by atoms with Crippen LogP contribution in [-0.2, 0) is 65.4 Å². The number of aliphatic hydroxyl groups is 1. The monoisotopic (exact) mass is 1440 g/mol. The van der Waals surface area contributed by atoms with E-state index in [-0.39, 0.29) is 25.7 Å². The first kappa shape index (κ1) is 96.1. The Hall–Kier alpha value is -1.94. The fraction of sp³-hybridized carbons (Fsp3) is 0.949. The average Bonchev–Trinajstić information content (AvgIpc) is 1.11. The lowest BCUT2D eigenvalue weighted by Crippen LogP contribution is -2.30. The molecule has 0 bridgehead atoms. The van der Waals surface area contributed by atoms with Crippen molar-refractivity contribution in [1.29, 1.82) is 0 Å². The molecule has 0 saturated carbocycles. The number of hydrogen-bond acceptors (Lipinski definition) is 15. The van der Waals surface area contributed by atoms with Crippen LogP contribution in [-0.4, -0.2) is 96.7 Å². The first-order valence-electron chi connectivity index (χ1n) is 41.2. The van der Waals surface area contributed by atoms with Gasteiger partial charge in [0.25, 0.3) is 0 Å². The molecule has 0 radical (unpaired) electrons. The van der Waals surface area contributed by atoms with Crippen LogP contribution in [0.25, 0.3) is 0 Å². The molecular weight excluding hydrogens is 1280 g/mol. The van der Waals surface area contributed by atoms with Gasteiger partial charge in [0, 0.05) is 25.7 Å². The molecule has 6 atom stereocenters. The van der Waals surface area contributed by atoms with Gasteiger partial charge >= 0.3 is 39.5 Å². The van der Waals surface area contributed by atoms with Crippen molar-refractivity contribution in [3.8, 4) is 0 Å². The van der Waals surface area contributed by atoms with E-state index in [0.29, 0.717) is 25.7 Å². The Bertz CT molecular complexity index is 1880. The molecule has 0 heterocycles. The van der Waals surface area contributed by atoms with E-state index in [1.54, 1.807) is 0 Å². The number of phosphoric ester groups is 2. The van der Waals surface area contributed by atoms with Gasteiger partial charge in [-0.25, -0.2) is 9.13 Å². The van der Waals surface area contributed by atoms with E-state index in [2.05, 4.69) is 34.6 Å². The molecule has 3 N–H and O–H groups in total. The van der Waals surface area contributed by atoms with Gasteiger partial charge in [0.15, 0.2) is 12.2 Å². The Morgan fingerprint density at radius 1 is 0.286 bits per heavy atom. The van der Waals surface area contributed by atoms with Crippen molar-refractivity contribution in [3.63, 3.8) is 0 Å². The predicted octanol–water partition coefficient (Wildman–Crippen LogP) is 23.6. The van der Waals surface area contributed by atoms with E-state index < -0.39 is 97.5 Å². The number of unbranched alkanes of at least 4 members (excludes halogenated alkanes) is 50. The van der Waals surface area contributed by atoms with E-state index in [4.69, 9.17) is 37.0 Å². The van der Waals surface area contributed by atoms with Gasteiger partial charge in [0.1, 0.15) is 19.3 Å². The summed E-state index contributed by atoms with van der Waals surface area (Å²) in [5.41, 5.74) is 0. The summed E-state index contributed by atoms with van der Waals surface area (Å²) in [5, 5.41) is 10.6. The Morgan fingerprint density at radius 2 is 0.490 bits per heavy atom. The third-order valence-electron chi connectivity index (χ3n) is 18.9. The number of ether oxygens (including phenoxy) is 4. The highest BCUT2D eigenvalue weighted by Crippen LogP contribution is 2.45. The second-order valence-corrected chi connectivity index (χ2v) is 31.6. The third kappa shape index (κ3) is 71.1. The van der Waals surface area contributed by atoms with Gasteiger partial charge in [-0.05, 0) is 31.6 Å². The summed E-state index contributed by atoms with van der Waals surface area (Å²) < 4.78 is 68.4. The van der Waals surface area contributed by atoms with Gasteiger partial charge < -0.3 is 33.8 Å². The molecule has 0 aliphatic carbocycles. The van der Waals surface area contributed by atoms with Crippen molar-refractivity contribution in [3.05, 3.63) is 0 Å². The van der Waals surface area contributed by atoms with Crippen molar-refractivity contribution >= 4 is 39.5 Å². The minimum absolute atomic E-state index is 0.103. The second-order valence-electron chi connectivity index (χ2n) is 28.7. The van der Waals surface area contributed by atoms with Crippen LogP contribution < -0.4 is 0 Å². The first-order chi connectivity index (χ1) is 47.6. The predicted molar refractivity (Wildman–Crippen MR) is 400 cm³/mol. The topological polar surface area (TPSA) is 237 Å². The van der Waals surface area contributed by atoms with Gasteiger partial charge in [-0.15, -0.1) is 0 Å². The molecule has 0 amide bonds. The number of carbonyl (C=O) groups excluding carboxylic acids is 4. The zero-order chi connectivity index (χ0) is 71.9. The third-order valence-corrected chi connectivity index (χ3v) is 20.8. The maximum Gasteiger partial charge on any atom is 0.472 e. The minimum atomic E-state index is -4.96. The van der Waals surface area contributed by atoms with Crippen LogP contribution in [0.4, 0.5) is 0 Å². The van der Waals surface area contributed by atoms with Gasteiger partial charge in [-0.3, -0.25) is 37.3 Å². The molecule has 0 saturated heterocycles. The zero-order valence-electron chi connectivity index (χ0n) is 63.9. The average molecular weight is 1440 g/mol. The summed E-state index contributed by atoms with van der Waals surface area (Å²) in [6.07, 6.45) is 63.0. The number of phosphoric acid groups is 2. The van der Waals surface area contributed by atoms with Crippen LogP contribution >= 0.6 is 15.6 Å². The molecule has 0 fully saturated rings. The smallest absolute Gasteiger partial charge is 0.462 e. The van der Waals surface area contributed by atoms with E-state index in [0.717, 1.165) is 109 Å². The molecular formula is C79H154O17P2. The number of rotatable bonds is 79. The van der Waals surface area contributed by atoms with E-state index in [9.17, 15) is 43.2 Å². The van der Waals surface area contributed by atoms with Crippen LogP contribution in [0, 0.1) is 5.92 Å². The Morgan fingerprint density at radius 3 is 0.724 bits per heavy atom. The molecule has 3 unspecified atom stereocenters. The van der Waals surface area contributed by atoms with Crippen molar-refractivity contribution in [1.82, 2.24) is 0 Å². The number of esters is 4. The lowest BCUT2D eigenvalue weighted by Gasteiger charge is -2.21. The number of aliphatic hydroxyl groups excluding tert-OH is 1. The van der Waals surface area contributed by atoms with E-state index in [1.165, 1.54) is 231 Å². The van der Waals surface area contributed by atoms with Crippen LogP contribution in [0.2, 0.25) is 0 Å². The molecule has 0 aromatic rings. The van der Waals surface area contributed by atoms with Crippen LogP contribution in [0.15, 0.2) is 0 Å². The SMILES string of the molecule is CCCCCCCCCCCCCCCCCCCCCCCCC(=O)O[C@H](COC(=O)CCCCCCCCCCCCCCCCCCCCC)COP(=O)(O)OC[C@@H](O)COP(=O)(O)OC[C@@H](COC(=O)CCCCCCCCC)OC(=O)CCCCCCCCC(C)CC. The summed E-state index contributed by atoms with van der Waals surface area (Å²) in [7, 11) is -9.91. The Labute approximate surface area is 600 Å². The summed E-state index contributed by atoms with van der Waals surface area (Å²) >= 11 is 0. The summed E-state index contributed by atoms with van der Waals surface area (Å²) in [6, 6.07) is 0. The second kappa shape index (κ2) is 72.0. The molecule has 19 heteroatoms. The molecule has 17 nitrogen and oxygen atoms in total. The van der Waals surface area contributed by atoms with Crippen LogP contribution in [0.3, 0.4) is 0 Å². The number of carbonyl (C=O) groups is 4. The quantitative estimate of drug-likeness (QED) is 0.0222. The molecule has 0 aliphatic heterocycles. The highest BCUT2D eigenvalue weighted by atomic mass is 31.2. The first-order valence-corrected chi connectivity index (χ1v) is 44.2.